The predicted molar refractivity (Wildman–Crippen MR) is 85.2 cm³/mol. The molecule has 0 amide bonds. The maximum atomic E-state index is 5.86. The lowest BCUT2D eigenvalue weighted by molar-refractivity contribution is 0.00569. The van der Waals surface area contributed by atoms with Crippen molar-refractivity contribution < 1.29 is 9.47 Å². The Balaban J connectivity index is 1.72. The monoisotopic (exact) mass is 293 g/mol. The summed E-state index contributed by atoms with van der Waals surface area (Å²) in [4.78, 5) is 0.364. The van der Waals surface area contributed by atoms with E-state index in [-0.39, 0.29) is 0 Å². The molecule has 1 aliphatic carbocycles. The van der Waals surface area contributed by atoms with Crippen LogP contribution in [-0.4, -0.2) is 24.3 Å². The Morgan fingerprint density at radius 2 is 1.90 bits per heavy atom. The second kappa shape index (κ2) is 7.60. The van der Waals surface area contributed by atoms with Crippen LogP contribution in [0.5, 0.6) is 5.75 Å². The van der Waals surface area contributed by atoms with Gasteiger partial charge < -0.3 is 15.2 Å². The molecule has 0 aliphatic heterocycles. The minimum Gasteiger partial charge on any atom is -0.490 e. The number of ether oxygens (including phenoxy) is 2. The van der Waals surface area contributed by atoms with Crippen LogP contribution in [0.25, 0.3) is 0 Å². The molecule has 2 rings (SSSR count). The fourth-order valence-corrected chi connectivity index (χ4v) is 2.73. The summed E-state index contributed by atoms with van der Waals surface area (Å²) in [5, 5.41) is 0. The largest absolute Gasteiger partial charge is 0.490 e. The Hall–Kier alpha value is -1.13. The lowest BCUT2D eigenvalue weighted by Crippen LogP contribution is -2.23. The molecular weight excluding hydrogens is 270 g/mol. The molecule has 20 heavy (non-hydrogen) atoms. The van der Waals surface area contributed by atoms with Gasteiger partial charge in [-0.1, -0.05) is 31.3 Å². The standard InChI is InChI=1S/C16H23NO2S/c1-12-6-8-13(9-7-12)18-10-11-19-15-5-3-2-4-14(15)16(17)20/h2-5,12-13H,6-11H2,1H3,(H2,17,20). The molecule has 0 spiro atoms. The average Bonchev–Trinajstić information content (AvgIpc) is 2.46. The fourth-order valence-electron chi connectivity index (χ4n) is 2.56. The third-order valence-electron chi connectivity index (χ3n) is 3.81. The topological polar surface area (TPSA) is 44.5 Å². The zero-order valence-electron chi connectivity index (χ0n) is 12.0. The van der Waals surface area contributed by atoms with E-state index in [4.69, 9.17) is 27.4 Å². The van der Waals surface area contributed by atoms with E-state index >= 15 is 0 Å². The summed E-state index contributed by atoms with van der Waals surface area (Å²) in [5.41, 5.74) is 6.45. The van der Waals surface area contributed by atoms with Crippen LogP contribution in [0.1, 0.15) is 38.2 Å². The van der Waals surface area contributed by atoms with Gasteiger partial charge in [-0.25, -0.2) is 0 Å². The van der Waals surface area contributed by atoms with Crippen LogP contribution >= 0.6 is 12.2 Å². The van der Waals surface area contributed by atoms with Crippen LogP contribution in [0.4, 0.5) is 0 Å². The Kier molecular flexibility index (Phi) is 5.80. The molecule has 4 heteroatoms. The van der Waals surface area contributed by atoms with Crippen molar-refractivity contribution in [3.8, 4) is 5.75 Å². The molecular formula is C16H23NO2S. The molecule has 110 valence electrons. The lowest BCUT2D eigenvalue weighted by atomic mass is 9.89. The normalized spacial score (nSPS) is 22.4. The number of rotatable bonds is 6. The predicted octanol–water partition coefficient (Wildman–Crippen LogP) is 3.29. The number of thiocarbonyl (C=S) groups is 1. The SMILES string of the molecule is CC1CCC(OCCOc2ccccc2C(N)=S)CC1. The van der Waals surface area contributed by atoms with Crippen molar-refractivity contribution in [3.63, 3.8) is 0 Å². The van der Waals surface area contributed by atoms with Crippen molar-refractivity contribution in [2.45, 2.75) is 38.7 Å². The van der Waals surface area contributed by atoms with Gasteiger partial charge in [-0.2, -0.15) is 0 Å². The van der Waals surface area contributed by atoms with Crippen LogP contribution in [0.2, 0.25) is 0 Å². The van der Waals surface area contributed by atoms with Crippen molar-refractivity contribution in [2.24, 2.45) is 11.7 Å². The van der Waals surface area contributed by atoms with Gasteiger partial charge in [0.25, 0.3) is 0 Å². The summed E-state index contributed by atoms with van der Waals surface area (Å²) in [6.07, 6.45) is 5.29. The molecule has 2 N–H and O–H groups in total. The molecule has 1 aliphatic rings. The minimum absolute atomic E-state index is 0.364. The van der Waals surface area contributed by atoms with Gasteiger partial charge in [-0.3, -0.25) is 0 Å². The Labute approximate surface area is 126 Å². The highest BCUT2D eigenvalue weighted by Gasteiger charge is 2.18. The first-order valence-corrected chi connectivity index (χ1v) is 7.71. The molecule has 0 heterocycles. The molecule has 1 aromatic rings. The van der Waals surface area contributed by atoms with Crippen molar-refractivity contribution in [2.75, 3.05) is 13.2 Å². The molecule has 1 saturated carbocycles. The van der Waals surface area contributed by atoms with Gasteiger partial charge in [-0.05, 0) is 43.7 Å². The summed E-state index contributed by atoms with van der Waals surface area (Å²) >= 11 is 5.01. The lowest BCUT2D eigenvalue weighted by Gasteiger charge is -2.26. The first kappa shape index (κ1) is 15.3. The van der Waals surface area contributed by atoms with E-state index in [1.165, 1.54) is 25.7 Å². The second-order valence-corrected chi connectivity index (χ2v) is 5.90. The smallest absolute Gasteiger partial charge is 0.129 e. The van der Waals surface area contributed by atoms with Crippen molar-refractivity contribution >= 4 is 17.2 Å². The van der Waals surface area contributed by atoms with Crippen LogP contribution in [-0.2, 0) is 4.74 Å². The van der Waals surface area contributed by atoms with Gasteiger partial charge >= 0.3 is 0 Å². The molecule has 0 saturated heterocycles. The number of nitrogens with two attached hydrogens (primary N) is 1. The molecule has 3 nitrogen and oxygen atoms in total. The van der Waals surface area contributed by atoms with Crippen molar-refractivity contribution in [1.29, 1.82) is 0 Å². The quantitative estimate of drug-likeness (QED) is 0.645. The van der Waals surface area contributed by atoms with Gasteiger partial charge in [0.15, 0.2) is 0 Å². The zero-order chi connectivity index (χ0) is 14.4. The van der Waals surface area contributed by atoms with Crippen LogP contribution in [0.15, 0.2) is 24.3 Å². The van der Waals surface area contributed by atoms with Gasteiger partial charge in [0.05, 0.1) is 18.3 Å². The van der Waals surface area contributed by atoms with E-state index in [1.807, 2.05) is 24.3 Å². The molecule has 1 aromatic carbocycles. The minimum atomic E-state index is 0.364. The molecule has 1 fully saturated rings. The highest BCUT2D eigenvalue weighted by Crippen LogP contribution is 2.25. The van der Waals surface area contributed by atoms with Crippen LogP contribution in [0, 0.1) is 5.92 Å². The van der Waals surface area contributed by atoms with E-state index in [1.54, 1.807) is 0 Å². The van der Waals surface area contributed by atoms with Crippen LogP contribution < -0.4 is 10.5 Å². The molecule has 0 radical (unpaired) electrons. The van der Waals surface area contributed by atoms with E-state index < -0.39 is 0 Å². The van der Waals surface area contributed by atoms with Gasteiger partial charge in [0, 0.05) is 0 Å². The van der Waals surface area contributed by atoms with E-state index in [2.05, 4.69) is 6.92 Å². The van der Waals surface area contributed by atoms with Crippen molar-refractivity contribution in [1.82, 2.24) is 0 Å². The number of para-hydroxylation sites is 1. The molecule has 0 aromatic heterocycles. The third kappa shape index (κ3) is 4.46. The van der Waals surface area contributed by atoms with E-state index in [9.17, 15) is 0 Å². The summed E-state index contributed by atoms with van der Waals surface area (Å²) in [6.45, 7) is 3.46. The first-order chi connectivity index (χ1) is 9.66. The van der Waals surface area contributed by atoms with Crippen LogP contribution in [0.3, 0.4) is 0 Å². The second-order valence-electron chi connectivity index (χ2n) is 5.46. The summed E-state index contributed by atoms with van der Waals surface area (Å²) in [7, 11) is 0. The average molecular weight is 293 g/mol. The Morgan fingerprint density at radius 3 is 2.60 bits per heavy atom. The number of benzene rings is 1. The van der Waals surface area contributed by atoms with E-state index in [0.717, 1.165) is 17.2 Å². The summed E-state index contributed by atoms with van der Waals surface area (Å²) < 4.78 is 11.6. The number of hydrogen-bond acceptors (Lipinski definition) is 3. The summed E-state index contributed by atoms with van der Waals surface area (Å²) in [5.74, 6) is 1.59. The van der Waals surface area contributed by atoms with Gasteiger partial charge in [-0.15, -0.1) is 0 Å². The number of hydrogen-bond donors (Lipinski definition) is 1. The zero-order valence-corrected chi connectivity index (χ0v) is 12.8. The van der Waals surface area contributed by atoms with Gasteiger partial charge in [0.1, 0.15) is 17.3 Å². The van der Waals surface area contributed by atoms with Gasteiger partial charge in [0.2, 0.25) is 0 Å². The first-order valence-electron chi connectivity index (χ1n) is 7.30. The Bertz CT molecular complexity index is 442. The molecule has 0 unspecified atom stereocenters. The molecule has 0 atom stereocenters. The highest BCUT2D eigenvalue weighted by molar-refractivity contribution is 7.80. The third-order valence-corrected chi connectivity index (χ3v) is 4.03. The Morgan fingerprint density at radius 1 is 1.20 bits per heavy atom. The maximum Gasteiger partial charge on any atom is 0.129 e. The molecule has 0 bridgehead atoms. The maximum absolute atomic E-state index is 5.86. The highest BCUT2D eigenvalue weighted by atomic mass is 32.1. The summed E-state index contributed by atoms with van der Waals surface area (Å²) in [6, 6.07) is 7.58. The van der Waals surface area contributed by atoms with E-state index in [0.29, 0.717) is 24.3 Å². The fraction of sp³-hybridized carbons (Fsp3) is 0.562. The van der Waals surface area contributed by atoms with Crippen molar-refractivity contribution in [3.05, 3.63) is 29.8 Å².